The largest absolute Gasteiger partial charge is 0.376 e. The molecule has 0 aliphatic heterocycles. The molecule has 1 unspecified atom stereocenters. The molecule has 1 aromatic carbocycles. The van der Waals surface area contributed by atoms with E-state index in [1.54, 1.807) is 12.3 Å². The van der Waals surface area contributed by atoms with Crippen LogP contribution in [0, 0.1) is 5.82 Å². The second-order valence-electron chi connectivity index (χ2n) is 3.91. The molecule has 2 rings (SSSR count). The Morgan fingerprint density at radius 1 is 1.39 bits per heavy atom. The van der Waals surface area contributed by atoms with Crippen molar-refractivity contribution in [2.24, 2.45) is 0 Å². The van der Waals surface area contributed by atoms with Gasteiger partial charge in [-0.3, -0.25) is 0 Å². The SMILES string of the molecule is CC(Nc1cc(Br)cnc1Cl)c1cccc(F)c1. The minimum atomic E-state index is -0.250. The summed E-state index contributed by atoms with van der Waals surface area (Å²) >= 11 is 9.32. The molecular formula is C13H11BrClFN2. The molecule has 5 heteroatoms. The van der Waals surface area contributed by atoms with Crippen LogP contribution < -0.4 is 5.32 Å². The van der Waals surface area contributed by atoms with Gasteiger partial charge >= 0.3 is 0 Å². The first-order valence-electron chi connectivity index (χ1n) is 5.39. The van der Waals surface area contributed by atoms with Gasteiger partial charge < -0.3 is 5.32 Å². The zero-order chi connectivity index (χ0) is 13.1. The summed E-state index contributed by atoms with van der Waals surface area (Å²) in [6.07, 6.45) is 1.63. The van der Waals surface area contributed by atoms with E-state index in [2.05, 4.69) is 26.2 Å². The second-order valence-corrected chi connectivity index (χ2v) is 5.19. The fourth-order valence-corrected chi connectivity index (χ4v) is 2.11. The number of nitrogens with one attached hydrogen (secondary N) is 1. The van der Waals surface area contributed by atoms with Gasteiger partial charge in [0.2, 0.25) is 0 Å². The van der Waals surface area contributed by atoms with Crippen molar-refractivity contribution in [2.75, 3.05) is 5.32 Å². The molecule has 0 amide bonds. The Morgan fingerprint density at radius 3 is 2.89 bits per heavy atom. The van der Waals surface area contributed by atoms with Gasteiger partial charge in [-0.2, -0.15) is 0 Å². The summed E-state index contributed by atoms with van der Waals surface area (Å²) in [7, 11) is 0. The molecule has 1 atom stereocenters. The summed E-state index contributed by atoms with van der Waals surface area (Å²) in [5, 5.41) is 3.59. The summed E-state index contributed by atoms with van der Waals surface area (Å²) in [5.74, 6) is -0.250. The van der Waals surface area contributed by atoms with Crippen molar-refractivity contribution >= 4 is 33.2 Å². The van der Waals surface area contributed by atoms with Gasteiger partial charge in [0.05, 0.1) is 5.69 Å². The average molecular weight is 330 g/mol. The number of pyridine rings is 1. The molecular weight excluding hydrogens is 319 g/mol. The molecule has 2 nitrogen and oxygen atoms in total. The molecule has 0 aliphatic carbocycles. The predicted octanol–water partition coefficient (Wildman–Crippen LogP) is 4.81. The first-order valence-corrected chi connectivity index (χ1v) is 6.56. The van der Waals surface area contributed by atoms with Crippen molar-refractivity contribution in [3.63, 3.8) is 0 Å². The van der Waals surface area contributed by atoms with Crippen LogP contribution in [0.15, 0.2) is 41.0 Å². The molecule has 0 radical (unpaired) electrons. The molecule has 2 aromatic rings. The highest BCUT2D eigenvalue weighted by molar-refractivity contribution is 9.10. The normalized spacial score (nSPS) is 12.2. The highest BCUT2D eigenvalue weighted by Crippen LogP contribution is 2.27. The second kappa shape index (κ2) is 5.67. The average Bonchev–Trinajstić information content (AvgIpc) is 2.34. The first kappa shape index (κ1) is 13.3. The number of rotatable bonds is 3. The van der Waals surface area contributed by atoms with E-state index in [0.29, 0.717) is 10.8 Å². The Bertz CT molecular complexity index is 562. The van der Waals surface area contributed by atoms with E-state index >= 15 is 0 Å². The minimum absolute atomic E-state index is 0.0608. The highest BCUT2D eigenvalue weighted by Gasteiger charge is 2.09. The van der Waals surface area contributed by atoms with E-state index in [0.717, 1.165) is 10.0 Å². The van der Waals surface area contributed by atoms with Crippen molar-refractivity contribution < 1.29 is 4.39 Å². The molecule has 0 bridgehead atoms. The third-order valence-electron chi connectivity index (χ3n) is 2.53. The molecule has 0 spiro atoms. The molecule has 0 aliphatic rings. The van der Waals surface area contributed by atoms with Gasteiger partial charge in [0.1, 0.15) is 5.82 Å². The molecule has 0 saturated carbocycles. The van der Waals surface area contributed by atoms with Crippen LogP contribution in [0.1, 0.15) is 18.5 Å². The summed E-state index contributed by atoms with van der Waals surface area (Å²) in [6, 6.07) is 8.24. The Hall–Kier alpha value is -1.13. The van der Waals surface area contributed by atoms with Gasteiger partial charge in [-0.15, -0.1) is 0 Å². The van der Waals surface area contributed by atoms with Gasteiger partial charge in [-0.1, -0.05) is 23.7 Å². The third kappa shape index (κ3) is 3.21. The van der Waals surface area contributed by atoms with Crippen molar-refractivity contribution in [3.8, 4) is 0 Å². The summed E-state index contributed by atoms with van der Waals surface area (Å²) in [6.45, 7) is 1.94. The van der Waals surface area contributed by atoms with Crippen LogP contribution in [0.3, 0.4) is 0 Å². The lowest BCUT2D eigenvalue weighted by molar-refractivity contribution is 0.623. The van der Waals surface area contributed by atoms with Gasteiger partial charge in [0.25, 0.3) is 0 Å². The molecule has 1 heterocycles. The fraction of sp³-hybridized carbons (Fsp3) is 0.154. The number of anilines is 1. The summed E-state index contributed by atoms with van der Waals surface area (Å²) in [4.78, 5) is 4.02. The van der Waals surface area contributed by atoms with Crippen LogP contribution in [0.4, 0.5) is 10.1 Å². The van der Waals surface area contributed by atoms with Crippen molar-refractivity contribution in [2.45, 2.75) is 13.0 Å². The van der Waals surface area contributed by atoms with E-state index in [4.69, 9.17) is 11.6 Å². The van der Waals surface area contributed by atoms with Crippen LogP contribution in [-0.2, 0) is 0 Å². The lowest BCUT2D eigenvalue weighted by Crippen LogP contribution is -2.07. The Morgan fingerprint density at radius 2 is 2.17 bits per heavy atom. The molecule has 1 aromatic heterocycles. The quantitative estimate of drug-likeness (QED) is 0.817. The lowest BCUT2D eigenvalue weighted by Gasteiger charge is -2.16. The van der Waals surface area contributed by atoms with Crippen molar-refractivity contribution in [1.82, 2.24) is 4.98 Å². The van der Waals surface area contributed by atoms with Crippen LogP contribution in [0.5, 0.6) is 0 Å². The number of hydrogen-bond donors (Lipinski definition) is 1. The number of aromatic nitrogens is 1. The van der Waals surface area contributed by atoms with Gasteiger partial charge in [-0.05, 0) is 46.6 Å². The van der Waals surface area contributed by atoms with E-state index in [1.807, 2.05) is 19.1 Å². The van der Waals surface area contributed by atoms with Crippen LogP contribution >= 0.6 is 27.5 Å². The predicted molar refractivity (Wildman–Crippen MR) is 75.4 cm³/mol. The van der Waals surface area contributed by atoms with Gasteiger partial charge in [-0.25, -0.2) is 9.37 Å². The van der Waals surface area contributed by atoms with Gasteiger partial charge in [0, 0.05) is 16.7 Å². The van der Waals surface area contributed by atoms with E-state index in [1.165, 1.54) is 12.1 Å². The maximum atomic E-state index is 13.1. The third-order valence-corrected chi connectivity index (χ3v) is 3.26. The topological polar surface area (TPSA) is 24.9 Å². The fourth-order valence-electron chi connectivity index (χ4n) is 1.62. The summed E-state index contributed by atoms with van der Waals surface area (Å²) in [5.41, 5.74) is 1.56. The Labute approximate surface area is 118 Å². The van der Waals surface area contributed by atoms with Crippen molar-refractivity contribution in [3.05, 3.63) is 57.5 Å². The number of halogens is 3. The van der Waals surface area contributed by atoms with Crippen LogP contribution in [0.25, 0.3) is 0 Å². The van der Waals surface area contributed by atoms with Crippen LogP contribution in [-0.4, -0.2) is 4.98 Å². The number of hydrogen-bond acceptors (Lipinski definition) is 2. The van der Waals surface area contributed by atoms with E-state index in [-0.39, 0.29) is 11.9 Å². The lowest BCUT2D eigenvalue weighted by atomic mass is 10.1. The van der Waals surface area contributed by atoms with Crippen LogP contribution in [0.2, 0.25) is 5.15 Å². The minimum Gasteiger partial charge on any atom is -0.376 e. The smallest absolute Gasteiger partial charge is 0.152 e. The number of benzene rings is 1. The first-order chi connectivity index (χ1) is 8.56. The zero-order valence-corrected chi connectivity index (χ0v) is 12.0. The maximum absolute atomic E-state index is 13.1. The van der Waals surface area contributed by atoms with Gasteiger partial charge in [0.15, 0.2) is 5.15 Å². The molecule has 1 N–H and O–H groups in total. The van der Waals surface area contributed by atoms with E-state index in [9.17, 15) is 4.39 Å². The Balaban J connectivity index is 2.21. The molecule has 0 fully saturated rings. The zero-order valence-electron chi connectivity index (χ0n) is 9.62. The highest BCUT2D eigenvalue weighted by atomic mass is 79.9. The Kier molecular flexibility index (Phi) is 4.19. The molecule has 18 heavy (non-hydrogen) atoms. The summed E-state index contributed by atoms with van der Waals surface area (Å²) < 4.78 is 14.0. The molecule has 94 valence electrons. The maximum Gasteiger partial charge on any atom is 0.152 e. The number of nitrogens with zero attached hydrogens (tertiary/aromatic N) is 1. The standard InChI is InChI=1S/C13H11BrClFN2/c1-8(9-3-2-4-11(16)5-9)18-12-6-10(14)7-17-13(12)15/h2-8,18H,1H3. The molecule has 0 saturated heterocycles. The van der Waals surface area contributed by atoms with Crippen molar-refractivity contribution in [1.29, 1.82) is 0 Å². The van der Waals surface area contributed by atoms with E-state index < -0.39 is 0 Å². The monoisotopic (exact) mass is 328 g/mol.